The third-order valence-electron chi connectivity index (χ3n) is 4.24. The molecule has 3 rings (SSSR count). The first kappa shape index (κ1) is 16.2. The molecule has 1 atom stereocenters. The van der Waals surface area contributed by atoms with Crippen molar-refractivity contribution in [2.24, 2.45) is 0 Å². The van der Waals surface area contributed by atoms with E-state index >= 15 is 0 Å². The maximum atomic E-state index is 5.90. The largest absolute Gasteiger partial charge is 0.462 e. The van der Waals surface area contributed by atoms with E-state index in [0.717, 1.165) is 43.5 Å². The van der Waals surface area contributed by atoms with E-state index in [1.54, 1.807) is 7.11 Å². The van der Waals surface area contributed by atoms with E-state index in [2.05, 4.69) is 27.7 Å². The van der Waals surface area contributed by atoms with Gasteiger partial charge in [-0.25, -0.2) is 0 Å². The molecule has 0 aliphatic carbocycles. The maximum absolute atomic E-state index is 5.90. The number of morpholine rings is 1. The number of furan rings is 1. The minimum Gasteiger partial charge on any atom is -0.462 e. The van der Waals surface area contributed by atoms with Crippen molar-refractivity contribution in [3.8, 4) is 0 Å². The summed E-state index contributed by atoms with van der Waals surface area (Å²) in [5, 5.41) is 4.54. The summed E-state index contributed by atoms with van der Waals surface area (Å²) < 4.78 is 18.8. The van der Waals surface area contributed by atoms with Crippen LogP contribution in [0.15, 0.2) is 22.6 Å². The van der Waals surface area contributed by atoms with Crippen molar-refractivity contribution in [1.29, 1.82) is 0 Å². The highest BCUT2D eigenvalue weighted by molar-refractivity contribution is 5.11. The van der Waals surface area contributed by atoms with Gasteiger partial charge in [0.05, 0.1) is 31.5 Å². The monoisotopic (exact) mass is 319 g/mol. The van der Waals surface area contributed by atoms with E-state index in [1.165, 1.54) is 5.69 Å². The highest BCUT2D eigenvalue weighted by Crippen LogP contribution is 2.26. The first-order valence-corrected chi connectivity index (χ1v) is 8.08. The second-order valence-electron chi connectivity index (χ2n) is 6.01. The normalized spacial score (nSPS) is 19.3. The number of rotatable bonds is 6. The molecule has 6 heteroatoms. The van der Waals surface area contributed by atoms with Crippen LogP contribution in [0, 0.1) is 13.8 Å². The second-order valence-corrected chi connectivity index (χ2v) is 6.01. The Morgan fingerprint density at radius 1 is 1.30 bits per heavy atom. The molecule has 3 heterocycles. The van der Waals surface area contributed by atoms with Crippen molar-refractivity contribution in [2.75, 3.05) is 33.4 Å². The molecule has 0 bridgehead atoms. The molecule has 0 aromatic carbocycles. The molecule has 1 fully saturated rings. The van der Waals surface area contributed by atoms with Crippen LogP contribution in [0.4, 0.5) is 0 Å². The third-order valence-corrected chi connectivity index (χ3v) is 4.24. The van der Waals surface area contributed by atoms with Gasteiger partial charge in [-0.1, -0.05) is 0 Å². The Kier molecular flexibility index (Phi) is 5.15. The Morgan fingerprint density at radius 3 is 2.91 bits per heavy atom. The fourth-order valence-electron chi connectivity index (χ4n) is 3.09. The summed E-state index contributed by atoms with van der Waals surface area (Å²) in [7, 11) is 1.67. The molecule has 1 aliphatic heterocycles. The van der Waals surface area contributed by atoms with Gasteiger partial charge in [0.15, 0.2) is 0 Å². The Hall–Kier alpha value is -1.63. The number of aryl methyl sites for hydroxylation is 2. The van der Waals surface area contributed by atoms with Crippen molar-refractivity contribution in [1.82, 2.24) is 14.7 Å². The zero-order valence-electron chi connectivity index (χ0n) is 14.1. The topological polar surface area (TPSA) is 52.7 Å². The summed E-state index contributed by atoms with van der Waals surface area (Å²) in [5.74, 6) is 1.80. The van der Waals surface area contributed by atoms with Crippen molar-refractivity contribution in [3.63, 3.8) is 0 Å². The van der Waals surface area contributed by atoms with Crippen LogP contribution in [-0.4, -0.2) is 48.1 Å². The molecule has 23 heavy (non-hydrogen) atoms. The summed E-state index contributed by atoms with van der Waals surface area (Å²) in [6.07, 6.45) is 0. The lowest BCUT2D eigenvalue weighted by molar-refractivity contribution is -0.0186. The highest BCUT2D eigenvalue weighted by atomic mass is 16.5. The predicted octanol–water partition coefficient (Wildman–Crippen LogP) is 2.31. The summed E-state index contributed by atoms with van der Waals surface area (Å²) in [6, 6.07) is 6.28. The Balaban J connectivity index is 1.67. The van der Waals surface area contributed by atoms with E-state index < -0.39 is 0 Å². The van der Waals surface area contributed by atoms with Crippen LogP contribution in [0.25, 0.3) is 0 Å². The molecular weight excluding hydrogens is 294 g/mol. The van der Waals surface area contributed by atoms with E-state index in [-0.39, 0.29) is 6.04 Å². The molecule has 0 amide bonds. The smallest absolute Gasteiger partial charge is 0.129 e. The molecule has 2 aromatic heterocycles. The van der Waals surface area contributed by atoms with Gasteiger partial charge in [-0.2, -0.15) is 5.10 Å². The minimum absolute atomic E-state index is 0.159. The molecule has 6 nitrogen and oxygen atoms in total. The fraction of sp³-hybridized carbons (Fsp3) is 0.588. The summed E-state index contributed by atoms with van der Waals surface area (Å²) in [4.78, 5) is 2.41. The van der Waals surface area contributed by atoms with E-state index in [1.807, 2.05) is 19.1 Å². The van der Waals surface area contributed by atoms with Crippen LogP contribution in [0.3, 0.4) is 0 Å². The van der Waals surface area contributed by atoms with Gasteiger partial charge in [-0.3, -0.25) is 9.58 Å². The molecule has 1 unspecified atom stereocenters. The first-order valence-electron chi connectivity index (χ1n) is 8.08. The Labute approximate surface area is 137 Å². The molecule has 0 radical (unpaired) electrons. The molecule has 1 aliphatic rings. The van der Waals surface area contributed by atoms with Crippen LogP contribution in [0.5, 0.6) is 0 Å². The summed E-state index contributed by atoms with van der Waals surface area (Å²) >= 11 is 0. The average Bonchev–Trinajstić information content (AvgIpc) is 3.12. The van der Waals surface area contributed by atoms with Crippen LogP contribution >= 0.6 is 0 Å². The maximum Gasteiger partial charge on any atom is 0.129 e. The van der Waals surface area contributed by atoms with Gasteiger partial charge in [-0.05, 0) is 32.0 Å². The molecular formula is C17H25N3O3. The van der Waals surface area contributed by atoms with Gasteiger partial charge in [0.1, 0.15) is 18.1 Å². The third kappa shape index (κ3) is 3.83. The van der Waals surface area contributed by atoms with Gasteiger partial charge < -0.3 is 13.9 Å². The number of nitrogens with zero attached hydrogens (tertiary/aromatic N) is 3. The molecule has 0 saturated carbocycles. The number of hydrogen-bond acceptors (Lipinski definition) is 5. The van der Waals surface area contributed by atoms with Gasteiger partial charge in [0, 0.05) is 25.9 Å². The number of methoxy groups -OCH3 is 1. The van der Waals surface area contributed by atoms with Crippen molar-refractivity contribution in [2.45, 2.75) is 33.0 Å². The van der Waals surface area contributed by atoms with E-state index in [4.69, 9.17) is 13.9 Å². The van der Waals surface area contributed by atoms with E-state index in [9.17, 15) is 0 Å². The predicted molar refractivity (Wildman–Crippen MR) is 86.3 cm³/mol. The van der Waals surface area contributed by atoms with Gasteiger partial charge in [0.25, 0.3) is 0 Å². The number of ether oxygens (including phenoxy) is 2. The van der Waals surface area contributed by atoms with Crippen LogP contribution in [0.1, 0.15) is 29.0 Å². The average molecular weight is 319 g/mol. The SMILES string of the molecule is COCc1ccc(C2COCCN2CCn2nc(C)cc2C)o1. The zero-order valence-corrected chi connectivity index (χ0v) is 14.1. The highest BCUT2D eigenvalue weighted by Gasteiger charge is 2.27. The molecule has 0 N–H and O–H groups in total. The van der Waals surface area contributed by atoms with Gasteiger partial charge in [0.2, 0.25) is 0 Å². The Bertz CT molecular complexity index is 635. The van der Waals surface area contributed by atoms with Crippen molar-refractivity contribution >= 4 is 0 Å². The molecule has 1 saturated heterocycles. The molecule has 126 valence electrons. The minimum atomic E-state index is 0.159. The van der Waals surface area contributed by atoms with Crippen LogP contribution in [-0.2, 0) is 22.6 Å². The molecule has 0 spiro atoms. The molecule has 2 aromatic rings. The number of hydrogen-bond donors (Lipinski definition) is 0. The standard InChI is InChI=1S/C17H25N3O3/c1-13-10-14(2)20(18-13)7-6-19-8-9-22-12-16(19)17-5-4-15(23-17)11-21-3/h4-5,10,16H,6-9,11-12H2,1-3H3. The van der Waals surface area contributed by atoms with E-state index in [0.29, 0.717) is 13.2 Å². The number of aromatic nitrogens is 2. The van der Waals surface area contributed by atoms with Crippen molar-refractivity contribution < 1.29 is 13.9 Å². The van der Waals surface area contributed by atoms with Crippen molar-refractivity contribution in [3.05, 3.63) is 41.1 Å². The summed E-state index contributed by atoms with van der Waals surface area (Å²) in [6.45, 7) is 8.76. The van der Waals surface area contributed by atoms with Gasteiger partial charge in [-0.15, -0.1) is 0 Å². The van der Waals surface area contributed by atoms with Crippen LogP contribution in [0.2, 0.25) is 0 Å². The first-order chi connectivity index (χ1) is 11.2. The lowest BCUT2D eigenvalue weighted by atomic mass is 10.1. The van der Waals surface area contributed by atoms with Gasteiger partial charge >= 0.3 is 0 Å². The Morgan fingerprint density at radius 2 is 2.17 bits per heavy atom. The summed E-state index contributed by atoms with van der Waals surface area (Å²) in [5.41, 5.74) is 2.27. The zero-order chi connectivity index (χ0) is 16.2. The lowest BCUT2D eigenvalue weighted by Crippen LogP contribution is -2.41. The fourth-order valence-corrected chi connectivity index (χ4v) is 3.09. The van der Waals surface area contributed by atoms with Crippen LogP contribution < -0.4 is 0 Å². The quantitative estimate of drug-likeness (QED) is 0.818. The second kappa shape index (κ2) is 7.29. The lowest BCUT2D eigenvalue weighted by Gasteiger charge is -2.34.